The second-order valence-corrected chi connectivity index (χ2v) is 6.29. The van der Waals surface area contributed by atoms with Crippen LogP contribution in [-0.2, 0) is 0 Å². The summed E-state index contributed by atoms with van der Waals surface area (Å²) in [7, 11) is 0. The van der Waals surface area contributed by atoms with E-state index in [4.69, 9.17) is 5.41 Å². The first-order valence-electron chi connectivity index (χ1n) is 7.56. The van der Waals surface area contributed by atoms with Crippen molar-refractivity contribution >= 4 is 5.71 Å². The van der Waals surface area contributed by atoms with Gasteiger partial charge in [0, 0.05) is 5.92 Å². The highest BCUT2D eigenvalue weighted by molar-refractivity contribution is 5.99. The molecule has 0 heterocycles. The molecule has 0 saturated heterocycles. The number of hydrogen-bond acceptors (Lipinski definition) is 4. The maximum absolute atomic E-state index is 9.64. The summed E-state index contributed by atoms with van der Waals surface area (Å²) >= 11 is 0. The maximum atomic E-state index is 9.64. The molecule has 2 aliphatic rings. The molecule has 4 heteroatoms. The summed E-state index contributed by atoms with van der Waals surface area (Å²) in [5.74, 6) is -0.273. The predicted molar refractivity (Wildman–Crippen MR) is 78.9 cm³/mol. The van der Waals surface area contributed by atoms with E-state index in [0.717, 1.165) is 31.3 Å². The van der Waals surface area contributed by atoms with E-state index < -0.39 is 11.3 Å². The third kappa shape index (κ3) is 2.14. The summed E-state index contributed by atoms with van der Waals surface area (Å²) in [6.07, 6.45) is 5.53. The van der Waals surface area contributed by atoms with Crippen molar-refractivity contribution in [1.82, 2.24) is 0 Å². The minimum atomic E-state index is -1.44. The van der Waals surface area contributed by atoms with Crippen LogP contribution in [0.2, 0.25) is 0 Å². The molecule has 2 aliphatic carbocycles. The number of rotatable bonds is 2. The van der Waals surface area contributed by atoms with Crippen molar-refractivity contribution in [3.8, 4) is 18.2 Å². The standard InChI is InChI=1S/C17H20N4/c1-3-4-15-13-7-11(2)5-6-12(13)14(8-18)16(21)17(15,9-19)10-20/h6,11,13-15,21H,3-5,7H2,1-2H3. The molecule has 108 valence electrons. The zero-order chi connectivity index (χ0) is 15.6. The van der Waals surface area contributed by atoms with Gasteiger partial charge in [0.2, 0.25) is 0 Å². The van der Waals surface area contributed by atoms with Gasteiger partial charge in [-0.2, -0.15) is 15.8 Å². The van der Waals surface area contributed by atoms with Gasteiger partial charge in [-0.15, -0.1) is 0 Å². The zero-order valence-electron chi connectivity index (χ0n) is 12.6. The van der Waals surface area contributed by atoms with Gasteiger partial charge in [-0.05, 0) is 36.7 Å². The highest BCUT2D eigenvalue weighted by Gasteiger charge is 2.56. The first kappa shape index (κ1) is 15.3. The summed E-state index contributed by atoms with van der Waals surface area (Å²) in [6.45, 7) is 4.20. The zero-order valence-corrected chi connectivity index (χ0v) is 12.6. The summed E-state index contributed by atoms with van der Waals surface area (Å²) < 4.78 is 0. The van der Waals surface area contributed by atoms with Gasteiger partial charge >= 0.3 is 0 Å². The number of allylic oxidation sites excluding steroid dienone is 2. The fourth-order valence-corrected chi connectivity index (χ4v) is 3.96. The predicted octanol–water partition coefficient (Wildman–Crippen LogP) is 3.58. The van der Waals surface area contributed by atoms with Crippen LogP contribution >= 0.6 is 0 Å². The molecular formula is C17H20N4. The van der Waals surface area contributed by atoms with Crippen molar-refractivity contribution in [2.75, 3.05) is 0 Å². The van der Waals surface area contributed by atoms with Crippen LogP contribution in [0.25, 0.3) is 0 Å². The Hall–Kier alpha value is -2.12. The Balaban J connectivity index is 2.60. The van der Waals surface area contributed by atoms with Gasteiger partial charge in [0.1, 0.15) is 5.92 Å². The summed E-state index contributed by atoms with van der Waals surface area (Å²) in [5.41, 5.74) is -0.458. The third-order valence-electron chi connectivity index (χ3n) is 5.01. The Morgan fingerprint density at radius 2 is 2.00 bits per heavy atom. The van der Waals surface area contributed by atoms with Gasteiger partial charge in [0.05, 0.1) is 23.9 Å². The van der Waals surface area contributed by atoms with Crippen LogP contribution in [0.5, 0.6) is 0 Å². The number of nitrogens with one attached hydrogen (secondary N) is 1. The third-order valence-corrected chi connectivity index (χ3v) is 5.01. The molecule has 4 nitrogen and oxygen atoms in total. The molecule has 0 aromatic heterocycles. The molecule has 0 spiro atoms. The molecule has 1 fully saturated rings. The SMILES string of the molecule is CCCC1C2CC(C)CC=C2C(C#N)C(=N)C1(C#N)C#N. The molecule has 21 heavy (non-hydrogen) atoms. The van der Waals surface area contributed by atoms with Crippen molar-refractivity contribution in [3.05, 3.63) is 11.6 Å². The van der Waals surface area contributed by atoms with Crippen molar-refractivity contribution in [2.45, 2.75) is 39.5 Å². The normalized spacial score (nSPS) is 33.9. The monoisotopic (exact) mass is 280 g/mol. The number of fused-ring (bicyclic) bond motifs is 1. The molecule has 2 rings (SSSR count). The van der Waals surface area contributed by atoms with Crippen LogP contribution in [-0.4, -0.2) is 5.71 Å². The summed E-state index contributed by atoms with van der Waals surface area (Å²) in [6, 6.07) is 6.36. The second-order valence-electron chi connectivity index (χ2n) is 6.29. The van der Waals surface area contributed by atoms with Crippen LogP contribution in [0.15, 0.2) is 11.6 Å². The number of hydrogen-bond donors (Lipinski definition) is 1. The van der Waals surface area contributed by atoms with Crippen LogP contribution in [0.3, 0.4) is 0 Å². The van der Waals surface area contributed by atoms with Gasteiger partial charge < -0.3 is 5.41 Å². The average Bonchev–Trinajstić information content (AvgIpc) is 2.49. The largest absolute Gasteiger partial charge is 0.305 e. The Morgan fingerprint density at radius 3 is 2.52 bits per heavy atom. The van der Waals surface area contributed by atoms with Crippen molar-refractivity contribution in [1.29, 1.82) is 21.2 Å². The van der Waals surface area contributed by atoms with Gasteiger partial charge in [-0.1, -0.05) is 26.3 Å². The molecular weight excluding hydrogens is 260 g/mol. The molecule has 0 bridgehead atoms. The van der Waals surface area contributed by atoms with E-state index in [1.54, 1.807) is 0 Å². The molecule has 0 aromatic rings. The van der Waals surface area contributed by atoms with Gasteiger partial charge in [0.25, 0.3) is 0 Å². The average molecular weight is 280 g/mol. The molecule has 0 aliphatic heterocycles. The fraction of sp³-hybridized carbons (Fsp3) is 0.647. The molecule has 0 radical (unpaired) electrons. The Bertz CT molecular complexity index is 582. The Morgan fingerprint density at radius 1 is 1.33 bits per heavy atom. The summed E-state index contributed by atoms with van der Waals surface area (Å²) in [4.78, 5) is 0. The Kier molecular flexibility index (Phi) is 4.15. The van der Waals surface area contributed by atoms with E-state index in [0.29, 0.717) is 5.92 Å². The van der Waals surface area contributed by atoms with E-state index >= 15 is 0 Å². The fourth-order valence-electron chi connectivity index (χ4n) is 3.96. The number of nitriles is 3. The van der Waals surface area contributed by atoms with Crippen LogP contribution < -0.4 is 0 Å². The second kappa shape index (κ2) is 5.71. The first-order valence-corrected chi connectivity index (χ1v) is 7.56. The Labute approximate surface area is 126 Å². The first-order chi connectivity index (χ1) is 10.1. The minimum absolute atomic E-state index is 0.00879. The van der Waals surface area contributed by atoms with Gasteiger partial charge in [0.15, 0.2) is 5.41 Å². The van der Waals surface area contributed by atoms with E-state index in [2.05, 4.69) is 31.2 Å². The van der Waals surface area contributed by atoms with Gasteiger partial charge in [-0.3, -0.25) is 0 Å². The van der Waals surface area contributed by atoms with Crippen LogP contribution in [0, 0.1) is 68.5 Å². The lowest BCUT2D eigenvalue weighted by atomic mass is 9.53. The molecule has 4 unspecified atom stereocenters. The van der Waals surface area contributed by atoms with Gasteiger partial charge in [-0.25, -0.2) is 0 Å². The molecule has 4 atom stereocenters. The molecule has 1 saturated carbocycles. The van der Waals surface area contributed by atoms with E-state index in [1.807, 2.05) is 6.92 Å². The van der Waals surface area contributed by atoms with E-state index in [1.165, 1.54) is 0 Å². The van der Waals surface area contributed by atoms with E-state index in [9.17, 15) is 15.8 Å². The van der Waals surface area contributed by atoms with E-state index in [-0.39, 0.29) is 17.5 Å². The van der Waals surface area contributed by atoms with Crippen molar-refractivity contribution < 1.29 is 0 Å². The van der Waals surface area contributed by atoms with Crippen molar-refractivity contribution in [3.63, 3.8) is 0 Å². The molecule has 0 aromatic carbocycles. The lowest BCUT2D eigenvalue weighted by Gasteiger charge is -2.46. The minimum Gasteiger partial charge on any atom is -0.305 e. The van der Waals surface area contributed by atoms with Crippen molar-refractivity contribution in [2.24, 2.45) is 29.1 Å². The maximum Gasteiger partial charge on any atom is 0.185 e. The van der Waals surface area contributed by atoms with Crippen LogP contribution in [0.1, 0.15) is 39.5 Å². The smallest absolute Gasteiger partial charge is 0.185 e. The molecule has 0 amide bonds. The number of nitrogens with zero attached hydrogens (tertiary/aromatic N) is 3. The lowest BCUT2D eigenvalue weighted by Crippen LogP contribution is -2.50. The highest BCUT2D eigenvalue weighted by atomic mass is 14.6. The molecule has 1 N–H and O–H groups in total. The quantitative estimate of drug-likeness (QED) is 0.783. The van der Waals surface area contributed by atoms with Crippen LogP contribution in [0.4, 0.5) is 0 Å². The lowest BCUT2D eigenvalue weighted by molar-refractivity contribution is 0.203. The highest BCUT2D eigenvalue weighted by Crippen LogP contribution is 2.52. The summed E-state index contributed by atoms with van der Waals surface area (Å²) in [5, 5.41) is 37.1. The topological polar surface area (TPSA) is 95.2 Å².